The number of ether oxygens (including phenoxy) is 3. The molecule has 0 saturated carbocycles. The van der Waals surface area contributed by atoms with Gasteiger partial charge in [-0.3, -0.25) is 14.4 Å². The molecule has 0 heterocycles. The van der Waals surface area contributed by atoms with Crippen molar-refractivity contribution in [3.05, 3.63) is 0 Å². The van der Waals surface area contributed by atoms with Crippen molar-refractivity contribution in [1.29, 1.82) is 0 Å². The molecule has 6 nitrogen and oxygen atoms in total. The lowest BCUT2D eigenvalue weighted by atomic mass is 9.99. The van der Waals surface area contributed by atoms with Crippen LogP contribution < -0.4 is 0 Å². The van der Waals surface area contributed by atoms with Crippen molar-refractivity contribution in [2.24, 2.45) is 11.8 Å². The fourth-order valence-electron chi connectivity index (χ4n) is 8.49. The highest BCUT2D eigenvalue weighted by Crippen LogP contribution is 2.18. The summed E-state index contributed by atoms with van der Waals surface area (Å²) >= 11 is 0. The van der Waals surface area contributed by atoms with E-state index >= 15 is 0 Å². The Bertz CT molecular complexity index is 949. The van der Waals surface area contributed by atoms with E-state index in [-0.39, 0.29) is 31.1 Å². The molecular formula is C56H108O6. The molecule has 0 amide bonds. The van der Waals surface area contributed by atoms with Crippen LogP contribution in [0.15, 0.2) is 0 Å². The van der Waals surface area contributed by atoms with Crippen molar-refractivity contribution in [1.82, 2.24) is 0 Å². The van der Waals surface area contributed by atoms with Crippen molar-refractivity contribution in [2.45, 2.75) is 317 Å². The monoisotopic (exact) mass is 877 g/mol. The molecule has 6 heteroatoms. The number of hydrogen-bond donors (Lipinski definition) is 0. The smallest absolute Gasteiger partial charge is 0.306 e. The van der Waals surface area contributed by atoms with E-state index in [0.29, 0.717) is 19.3 Å². The molecule has 0 fully saturated rings. The first-order valence-corrected chi connectivity index (χ1v) is 27.8. The fraction of sp³-hybridized carbons (Fsp3) is 0.946. The molecular weight excluding hydrogens is 769 g/mol. The van der Waals surface area contributed by atoms with E-state index in [4.69, 9.17) is 14.2 Å². The Morgan fingerprint density at radius 1 is 0.339 bits per heavy atom. The molecule has 0 aromatic carbocycles. The second kappa shape index (κ2) is 48.9. The van der Waals surface area contributed by atoms with Gasteiger partial charge in [-0.15, -0.1) is 0 Å². The first kappa shape index (κ1) is 60.4. The quantitative estimate of drug-likeness (QED) is 0.0344. The van der Waals surface area contributed by atoms with E-state index in [1.807, 2.05) is 0 Å². The number of esters is 3. The molecule has 0 aliphatic rings. The number of rotatable bonds is 50. The minimum Gasteiger partial charge on any atom is -0.462 e. The lowest BCUT2D eigenvalue weighted by Crippen LogP contribution is -2.30. The topological polar surface area (TPSA) is 78.9 Å². The van der Waals surface area contributed by atoms with Gasteiger partial charge in [0.1, 0.15) is 13.2 Å². The summed E-state index contributed by atoms with van der Waals surface area (Å²) in [6.45, 7) is 11.4. The molecule has 0 N–H and O–H groups in total. The van der Waals surface area contributed by atoms with Crippen molar-refractivity contribution in [2.75, 3.05) is 13.2 Å². The predicted molar refractivity (Wildman–Crippen MR) is 266 cm³/mol. The van der Waals surface area contributed by atoms with Gasteiger partial charge in [-0.2, -0.15) is 0 Å². The highest BCUT2D eigenvalue weighted by atomic mass is 16.6. The average molecular weight is 877 g/mol. The second-order valence-electron chi connectivity index (χ2n) is 19.9. The highest BCUT2D eigenvalue weighted by molar-refractivity contribution is 5.71. The van der Waals surface area contributed by atoms with Crippen molar-refractivity contribution >= 4 is 17.9 Å². The molecule has 0 radical (unpaired) electrons. The number of unbranched alkanes of at least 4 members (excludes halogenated alkanes) is 34. The van der Waals surface area contributed by atoms with Crippen LogP contribution in [0.3, 0.4) is 0 Å². The third-order valence-corrected chi connectivity index (χ3v) is 13.1. The molecule has 0 aromatic rings. The van der Waals surface area contributed by atoms with Crippen LogP contribution in [0.25, 0.3) is 0 Å². The molecule has 0 aliphatic heterocycles. The van der Waals surface area contributed by atoms with Crippen LogP contribution >= 0.6 is 0 Å². The first-order chi connectivity index (χ1) is 30.3. The molecule has 0 aromatic heterocycles. The summed E-state index contributed by atoms with van der Waals surface area (Å²) in [5.74, 6) is 0.824. The van der Waals surface area contributed by atoms with Crippen molar-refractivity contribution < 1.29 is 28.6 Å². The van der Waals surface area contributed by atoms with Gasteiger partial charge >= 0.3 is 17.9 Å². The van der Waals surface area contributed by atoms with Gasteiger partial charge in [0, 0.05) is 19.3 Å². The van der Waals surface area contributed by atoms with E-state index in [0.717, 1.165) is 69.6 Å². The molecule has 0 spiro atoms. The molecule has 0 aliphatic carbocycles. The standard InChI is InChI=1S/C56H108O6/c1-6-8-9-10-11-12-13-20-25-28-31-38-43-48-56(59)62-53(50-61-55(58)47-42-37-33-32-34-39-44-51(3)4)49-60-54(57)46-41-36-30-27-24-22-19-17-15-14-16-18-21-23-26-29-35-40-45-52(5)7-2/h51-53H,6-50H2,1-5H3/t52?,53-/m1/s1. The van der Waals surface area contributed by atoms with Crippen molar-refractivity contribution in [3.8, 4) is 0 Å². The molecule has 0 bridgehead atoms. The molecule has 0 rings (SSSR count). The summed E-state index contributed by atoms with van der Waals surface area (Å²) in [4.78, 5) is 37.9. The van der Waals surface area contributed by atoms with Crippen LogP contribution in [0.5, 0.6) is 0 Å². The zero-order valence-corrected chi connectivity index (χ0v) is 42.5. The lowest BCUT2D eigenvalue weighted by molar-refractivity contribution is -0.167. The van der Waals surface area contributed by atoms with Crippen molar-refractivity contribution in [3.63, 3.8) is 0 Å². The van der Waals surface area contributed by atoms with Crippen LogP contribution in [-0.4, -0.2) is 37.2 Å². The lowest BCUT2D eigenvalue weighted by Gasteiger charge is -2.18. The second-order valence-corrected chi connectivity index (χ2v) is 19.9. The van der Waals surface area contributed by atoms with Crippen LogP contribution in [0.1, 0.15) is 311 Å². The zero-order chi connectivity index (χ0) is 45.4. The Morgan fingerprint density at radius 2 is 0.613 bits per heavy atom. The Hall–Kier alpha value is -1.59. The highest BCUT2D eigenvalue weighted by Gasteiger charge is 2.19. The Balaban J connectivity index is 4.16. The minimum absolute atomic E-state index is 0.0639. The molecule has 368 valence electrons. The van der Waals surface area contributed by atoms with Gasteiger partial charge in [-0.25, -0.2) is 0 Å². The van der Waals surface area contributed by atoms with Crippen LogP contribution in [0.4, 0.5) is 0 Å². The normalized spacial score (nSPS) is 12.5. The summed E-state index contributed by atoms with van der Waals surface area (Å²) in [7, 11) is 0. The van der Waals surface area contributed by atoms with Gasteiger partial charge < -0.3 is 14.2 Å². The third kappa shape index (κ3) is 47.9. The van der Waals surface area contributed by atoms with E-state index in [1.165, 1.54) is 199 Å². The average Bonchev–Trinajstić information content (AvgIpc) is 3.26. The molecule has 1 unspecified atom stereocenters. The van der Waals surface area contributed by atoms with E-state index in [9.17, 15) is 14.4 Å². The summed E-state index contributed by atoms with van der Waals surface area (Å²) in [6.07, 6.45) is 51.1. The number of carbonyl (C=O) groups is 3. The third-order valence-electron chi connectivity index (χ3n) is 13.1. The summed E-state index contributed by atoms with van der Waals surface area (Å²) in [5.41, 5.74) is 0. The maximum absolute atomic E-state index is 12.8. The SMILES string of the molecule is CCCCCCCCCCCCCCCC(=O)O[C@H](COC(=O)CCCCCCCCCCCCCCCCCCCCC(C)CC)COC(=O)CCCCCCCCC(C)C. The molecule has 2 atom stereocenters. The van der Waals surface area contributed by atoms with E-state index in [1.54, 1.807) is 0 Å². The predicted octanol–water partition coefficient (Wildman–Crippen LogP) is 18.1. The maximum Gasteiger partial charge on any atom is 0.306 e. The molecule has 0 saturated heterocycles. The van der Waals surface area contributed by atoms with Crippen LogP contribution in [0, 0.1) is 11.8 Å². The Morgan fingerprint density at radius 3 is 0.919 bits per heavy atom. The zero-order valence-electron chi connectivity index (χ0n) is 42.5. The summed E-state index contributed by atoms with van der Waals surface area (Å²) in [5, 5.41) is 0. The summed E-state index contributed by atoms with van der Waals surface area (Å²) < 4.78 is 16.8. The Labute approximate surface area is 387 Å². The van der Waals surface area contributed by atoms with Gasteiger partial charge in [0.05, 0.1) is 0 Å². The minimum atomic E-state index is -0.762. The van der Waals surface area contributed by atoms with Gasteiger partial charge in [0.2, 0.25) is 0 Å². The van der Waals surface area contributed by atoms with E-state index in [2.05, 4.69) is 34.6 Å². The number of carbonyl (C=O) groups excluding carboxylic acids is 3. The molecule has 62 heavy (non-hydrogen) atoms. The summed E-state index contributed by atoms with van der Waals surface area (Å²) in [6, 6.07) is 0. The van der Waals surface area contributed by atoms with Crippen LogP contribution in [-0.2, 0) is 28.6 Å². The first-order valence-electron chi connectivity index (χ1n) is 27.8. The van der Waals surface area contributed by atoms with E-state index < -0.39 is 6.10 Å². The van der Waals surface area contributed by atoms with Gasteiger partial charge in [-0.1, -0.05) is 272 Å². The fourth-order valence-corrected chi connectivity index (χ4v) is 8.49. The largest absolute Gasteiger partial charge is 0.462 e. The maximum atomic E-state index is 12.8. The van der Waals surface area contributed by atoms with Gasteiger partial charge in [0.25, 0.3) is 0 Å². The Kier molecular flexibility index (Phi) is 47.6. The van der Waals surface area contributed by atoms with Gasteiger partial charge in [-0.05, 0) is 31.1 Å². The van der Waals surface area contributed by atoms with Gasteiger partial charge in [0.15, 0.2) is 6.10 Å². The number of hydrogen-bond acceptors (Lipinski definition) is 6. The van der Waals surface area contributed by atoms with Crippen LogP contribution in [0.2, 0.25) is 0 Å².